The summed E-state index contributed by atoms with van der Waals surface area (Å²) in [5.74, 6) is 2.51. The third kappa shape index (κ3) is 10.8. The molecule has 1 aromatic rings. The predicted molar refractivity (Wildman–Crippen MR) is 122 cm³/mol. The Morgan fingerprint density at radius 1 is 0.857 bits per heavy atom. The molecule has 28 heavy (non-hydrogen) atoms. The molecule has 0 heterocycles. The van der Waals surface area contributed by atoms with Crippen molar-refractivity contribution in [2.75, 3.05) is 0 Å². The highest BCUT2D eigenvalue weighted by Gasteiger charge is 2.07. The summed E-state index contributed by atoms with van der Waals surface area (Å²) in [6.07, 6.45) is 14.8. The van der Waals surface area contributed by atoms with Crippen molar-refractivity contribution in [1.82, 2.24) is 0 Å². The van der Waals surface area contributed by atoms with Crippen LogP contribution in [0.4, 0.5) is 0 Å². The highest BCUT2D eigenvalue weighted by molar-refractivity contribution is 5.45. The summed E-state index contributed by atoms with van der Waals surface area (Å²) in [6, 6.07) is 5.16. The minimum Gasteiger partial charge on any atom is -0.504 e. The van der Waals surface area contributed by atoms with Gasteiger partial charge < -0.3 is 10.2 Å². The van der Waals surface area contributed by atoms with Gasteiger partial charge in [0.25, 0.3) is 0 Å². The maximum atomic E-state index is 9.87. The second-order valence-electron chi connectivity index (χ2n) is 9.40. The highest BCUT2D eigenvalue weighted by atomic mass is 16.3. The number of phenols is 2. The summed E-state index contributed by atoms with van der Waals surface area (Å²) in [4.78, 5) is 0. The van der Waals surface area contributed by atoms with Crippen molar-refractivity contribution in [2.24, 2.45) is 17.8 Å². The van der Waals surface area contributed by atoms with E-state index in [9.17, 15) is 10.2 Å². The lowest BCUT2D eigenvalue weighted by Gasteiger charge is -2.15. The number of aromatic hydroxyl groups is 2. The number of rotatable bonds is 14. The van der Waals surface area contributed by atoms with Gasteiger partial charge in [-0.05, 0) is 50.0 Å². The quantitative estimate of drug-likeness (QED) is 0.250. The van der Waals surface area contributed by atoms with Crippen molar-refractivity contribution in [3.63, 3.8) is 0 Å². The molecule has 0 aliphatic carbocycles. The van der Waals surface area contributed by atoms with Crippen molar-refractivity contribution in [3.05, 3.63) is 35.4 Å². The molecule has 0 aliphatic rings. The van der Waals surface area contributed by atoms with Crippen LogP contribution in [0.2, 0.25) is 0 Å². The fourth-order valence-electron chi connectivity index (χ4n) is 3.84. The molecule has 0 spiro atoms. The van der Waals surface area contributed by atoms with Crippen LogP contribution in [0.5, 0.6) is 11.5 Å². The van der Waals surface area contributed by atoms with Crippen LogP contribution >= 0.6 is 0 Å². The summed E-state index contributed by atoms with van der Waals surface area (Å²) in [5.41, 5.74) is 2.16. The Hall–Kier alpha value is -1.44. The van der Waals surface area contributed by atoms with Gasteiger partial charge in [-0.3, -0.25) is 0 Å². The number of para-hydroxylation sites is 1. The summed E-state index contributed by atoms with van der Waals surface area (Å²) in [7, 11) is 0. The van der Waals surface area contributed by atoms with Crippen LogP contribution in [0.3, 0.4) is 0 Å². The van der Waals surface area contributed by atoms with Gasteiger partial charge in [0, 0.05) is 5.56 Å². The fraction of sp³-hybridized carbons (Fsp3) is 0.692. The number of allylic oxidation sites excluding steroid dienone is 2. The zero-order valence-electron chi connectivity index (χ0n) is 19.0. The van der Waals surface area contributed by atoms with E-state index < -0.39 is 0 Å². The lowest BCUT2D eigenvalue weighted by Crippen LogP contribution is -2.00. The van der Waals surface area contributed by atoms with Crippen molar-refractivity contribution >= 4 is 0 Å². The Morgan fingerprint density at radius 2 is 1.43 bits per heavy atom. The minimum atomic E-state index is -0.0355. The third-order valence-corrected chi connectivity index (χ3v) is 5.91. The zero-order valence-corrected chi connectivity index (χ0v) is 19.0. The zero-order chi connectivity index (χ0) is 20.9. The van der Waals surface area contributed by atoms with Crippen LogP contribution in [-0.2, 0) is 6.42 Å². The largest absolute Gasteiger partial charge is 0.504 e. The van der Waals surface area contributed by atoms with Gasteiger partial charge >= 0.3 is 0 Å². The van der Waals surface area contributed by atoms with Gasteiger partial charge in [0.15, 0.2) is 11.5 Å². The first-order valence-electron chi connectivity index (χ1n) is 11.4. The van der Waals surface area contributed by atoms with Gasteiger partial charge in [0.2, 0.25) is 0 Å². The molecular formula is C26H44O2. The molecule has 2 nitrogen and oxygen atoms in total. The summed E-state index contributed by atoms with van der Waals surface area (Å²) < 4.78 is 0. The molecule has 0 bridgehead atoms. The average molecular weight is 389 g/mol. The summed E-state index contributed by atoms with van der Waals surface area (Å²) >= 11 is 0. The van der Waals surface area contributed by atoms with E-state index >= 15 is 0 Å². The molecule has 0 fully saturated rings. The minimum absolute atomic E-state index is 0.0126. The predicted octanol–water partition coefficient (Wildman–Crippen LogP) is 8.03. The molecule has 0 aliphatic heterocycles. The van der Waals surface area contributed by atoms with E-state index in [1.807, 2.05) is 6.07 Å². The maximum absolute atomic E-state index is 9.87. The molecule has 2 unspecified atom stereocenters. The molecule has 0 saturated carbocycles. The Bertz CT molecular complexity index is 574. The van der Waals surface area contributed by atoms with Gasteiger partial charge in [-0.15, -0.1) is 0 Å². The second kappa shape index (κ2) is 13.7. The monoisotopic (exact) mass is 388 g/mol. The smallest absolute Gasteiger partial charge is 0.160 e. The lowest BCUT2D eigenvalue weighted by atomic mass is 9.91. The van der Waals surface area contributed by atoms with Gasteiger partial charge in [-0.2, -0.15) is 0 Å². The van der Waals surface area contributed by atoms with E-state index in [4.69, 9.17) is 0 Å². The van der Waals surface area contributed by atoms with Crippen LogP contribution in [0.15, 0.2) is 29.8 Å². The first kappa shape index (κ1) is 24.6. The fourth-order valence-corrected chi connectivity index (χ4v) is 3.84. The van der Waals surface area contributed by atoms with Gasteiger partial charge in [0.05, 0.1) is 0 Å². The first-order chi connectivity index (χ1) is 13.3. The Balaban J connectivity index is 2.16. The highest BCUT2D eigenvalue weighted by Crippen LogP contribution is 2.29. The van der Waals surface area contributed by atoms with Gasteiger partial charge in [-0.1, -0.05) is 96.4 Å². The second-order valence-corrected chi connectivity index (χ2v) is 9.40. The molecule has 1 rings (SSSR count). The van der Waals surface area contributed by atoms with Crippen LogP contribution in [0, 0.1) is 17.8 Å². The molecule has 0 aromatic heterocycles. The Morgan fingerprint density at radius 3 is 2.04 bits per heavy atom. The number of hydrogen-bond donors (Lipinski definition) is 2. The Labute approximate surface area is 174 Å². The molecule has 2 N–H and O–H groups in total. The first-order valence-corrected chi connectivity index (χ1v) is 11.4. The summed E-state index contributed by atoms with van der Waals surface area (Å²) in [5, 5.41) is 19.4. The van der Waals surface area contributed by atoms with Crippen molar-refractivity contribution in [3.8, 4) is 11.5 Å². The molecule has 2 heteroatoms. The molecule has 160 valence electrons. The Kier molecular flexibility index (Phi) is 12.0. The van der Waals surface area contributed by atoms with Gasteiger partial charge in [-0.25, -0.2) is 0 Å². The molecule has 0 saturated heterocycles. The van der Waals surface area contributed by atoms with E-state index in [0.717, 1.165) is 29.7 Å². The standard InChI is InChI=1S/C26H44O2/c1-20(2)10-6-11-21(3)12-7-13-22(4)14-8-15-23(5)18-19-24-16-9-17-25(27)26(24)28/h9,16-18,20-22,27-28H,6-8,10-15,19H2,1-5H3. The SMILES string of the molecule is CC(=CCc1cccc(O)c1O)CCCC(C)CCCC(C)CCCC(C)C. The third-order valence-electron chi connectivity index (χ3n) is 5.91. The van der Waals surface area contributed by atoms with Crippen molar-refractivity contribution in [1.29, 1.82) is 0 Å². The molecule has 0 radical (unpaired) electrons. The van der Waals surface area contributed by atoms with Crippen LogP contribution in [-0.4, -0.2) is 10.2 Å². The lowest BCUT2D eigenvalue weighted by molar-refractivity contribution is 0.389. The van der Waals surface area contributed by atoms with E-state index in [-0.39, 0.29) is 11.5 Å². The number of benzene rings is 1. The van der Waals surface area contributed by atoms with E-state index in [1.54, 1.807) is 6.07 Å². The van der Waals surface area contributed by atoms with E-state index in [0.29, 0.717) is 6.42 Å². The topological polar surface area (TPSA) is 40.5 Å². The van der Waals surface area contributed by atoms with Crippen LogP contribution in [0.25, 0.3) is 0 Å². The van der Waals surface area contributed by atoms with Crippen LogP contribution < -0.4 is 0 Å². The molecule has 0 amide bonds. The van der Waals surface area contributed by atoms with Crippen LogP contribution in [0.1, 0.15) is 98.0 Å². The van der Waals surface area contributed by atoms with Gasteiger partial charge in [0.1, 0.15) is 0 Å². The normalized spacial score (nSPS) is 14.4. The van der Waals surface area contributed by atoms with E-state index in [2.05, 4.69) is 40.7 Å². The number of phenolic OH excluding ortho intramolecular Hbond substituents is 2. The average Bonchev–Trinajstić information content (AvgIpc) is 2.62. The molecule has 1 aromatic carbocycles. The van der Waals surface area contributed by atoms with Crippen molar-refractivity contribution < 1.29 is 10.2 Å². The van der Waals surface area contributed by atoms with Crippen molar-refractivity contribution in [2.45, 2.75) is 98.8 Å². The van der Waals surface area contributed by atoms with E-state index in [1.165, 1.54) is 63.0 Å². The molecule has 2 atom stereocenters. The molecular weight excluding hydrogens is 344 g/mol. The number of hydrogen-bond acceptors (Lipinski definition) is 2. The summed E-state index contributed by atoms with van der Waals surface area (Å²) in [6.45, 7) is 11.6. The maximum Gasteiger partial charge on any atom is 0.160 e.